The Morgan fingerprint density at radius 3 is 2.74 bits per heavy atom. The van der Waals surface area contributed by atoms with Gasteiger partial charge in [0, 0.05) is 12.4 Å². The number of nitrogens with zero attached hydrogens (tertiary/aromatic N) is 4. The number of aromatic nitrogens is 4. The molecular formula is C14H11ClN4. The van der Waals surface area contributed by atoms with Gasteiger partial charge in [-0.25, -0.2) is 9.97 Å². The second-order valence-electron chi connectivity index (χ2n) is 4.12. The normalized spacial score (nSPS) is 10.6. The van der Waals surface area contributed by atoms with Crippen molar-refractivity contribution in [2.75, 3.05) is 0 Å². The highest BCUT2D eigenvalue weighted by atomic mass is 35.5. The Kier molecular flexibility index (Phi) is 3.25. The van der Waals surface area contributed by atoms with Crippen LogP contribution in [0, 0.1) is 0 Å². The van der Waals surface area contributed by atoms with E-state index in [-0.39, 0.29) is 0 Å². The van der Waals surface area contributed by atoms with Crippen LogP contribution in [0.2, 0.25) is 5.15 Å². The first-order valence-corrected chi connectivity index (χ1v) is 6.24. The molecule has 3 aromatic rings. The molecule has 0 N–H and O–H groups in total. The molecule has 0 bridgehead atoms. The number of halogens is 1. The first-order chi connectivity index (χ1) is 9.31. The largest absolute Gasteiger partial charge is 0.268 e. The first-order valence-electron chi connectivity index (χ1n) is 5.86. The van der Waals surface area contributed by atoms with Gasteiger partial charge in [-0.1, -0.05) is 41.9 Å². The van der Waals surface area contributed by atoms with Gasteiger partial charge in [-0.2, -0.15) is 5.10 Å². The molecule has 0 aliphatic rings. The molecule has 5 heteroatoms. The van der Waals surface area contributed by atoms with Gasteiger partial charge in [-0.3, -0.25) is 4.68 Å². The molecule has 19 heavy (non-hydrogen) atoms. The molecular weight excluding hydrogens is 260 g/mol. The molecule has 0 fully saturated rings. The predicted octanol–water partition coefficient (Wildman–Crippen LogP) is 3.04. The Hall–Kier alpha value is -2.20. The molecule has 1 aromatic carbocycles. The highest BCUT2D eigenvalue weighted by Gasteiger charge is 2.05. The average molecular weight is 271 g/mol. The molecule has 2 aromatic heterocycles. The van der Waals surface area contributed by atoms with E-state index in [0.29, 0.717) is 11.0 Å². The molecule has 0 amide bonds. The van der Waals surface area contributed by atoms with Gasteiger partial charge < -0.3 is 0 Å². The van der Waals surface area contributed by atoms with Crippen molar-refractivity contribution < 1.29 is 0 Å². The van der Waals surface area contributed by atoms with Gasteiger partial charge in [0.05, 0.1) is 18.3 Å². The van der Waals surface area contributed by atoms with Gasteiger partial charge in [0.15, 0.2) is 5.82 Å². The maximum Gasteiger partial charge on any atom is 0.163 e. The van der Waals surface area contributed by atoms with Crippen molar-refractivity contribution in [2.24, 2.45) is 0 Å². The van der Waals surface area contributed by atoms with Crippen molar-refractivity contribution in [1.82, 2.24) is 19.7 Å². The summed E-state index contributed by atoms with van der Waals surface area (Å²) in [6.07, 6.45) is 5.30. The summed E-state index contributed by atoms with van der Waals surface area (Å²) in [4.78, 5) is 8.35. The SMILES string of the molecule is Clc1ccnc(-c2cnn(Cc3ccccc3)c2)n1. The smallest absolute Gasteiger partial charge is 0.163 e. The lowest BCUT2D eigenvalue weighted by atomic mass is 10.2. The lowest BCUT2D eigenvalue weighted by Crippen LogP contribution is -1.99. The second kappa shape index (κ2) is 5.20. The maximum atomic E-state index is 5.85. The van der Waals surface area contributed by atoms with Crippen molar-refractivity contribution in [2.45, 2.75) is 6.54 Å². The van der Waals surface area contributed by atoms with Gasteiger partial charge in [-0.05, 0) is 11.6 Å². The third kappa shape index (κ3) is 2.80. The molecule has 0 saturated heterocycles. The molecule has 0 unspecified atom stereocenters. The molecule has 94 valence electrons. The van der Waals surface area contributed by atoms with Crippen molar-refractivity contribution in [1.29, 1.82) is 0 Å². The van der Waals surface area contributed by atoms with Crippen LogP contribution in [0.4, 0.5) is 0 Å². The van der Waals surface area contributed by atoms with Gasteiger partial charge in [0.1, 0.15) is 5.15 Å². The lowest BCUT2D eigenvalue weighted by Gasteiger charge is -2.00. The van der Waals surface area contributed by atoms with E-state index in [1.807, 2.05) is 29.1 Å². The molecule has 3 rings (SSSR count). The number of hydrogen-bond donors (Lipinski definition) is 0. The first kappa shape index (κ1) is 11.9. The quantitative estimate of drug-likeness (QED) is 0.687. The fraction of sp³-hybridized carbons (Fsp3) is 0.0714. The Morgan fingerprint density at radius 2 is 1.95 bits per heavy atom. The van der Waals surface area contributed by atoms with E-state index < -0.39 is 0 Å². The zero-order chi connectivity index (χ0) is 13.1. The van der Waals surface area contributed by atoms with Gasteiger partial charge in [0.2, 0.25) is 0 Å². The summed E-state index contributed by atoms with van der Waals surface area (Å²) in [5.41, 5.74) is 2.06. The van der Waals surface area contributed by atoms with Crippen LogP contribution < -0.4 is 0 Å². The summed E-state index contributed by atoms with van der Waals surface area (Å²) in [7, 11) is 0. The highest BCUT2D eigenvalue weighted by Crippen LogP contribution is 2.15. The highest BCUT2D eigenvalue weighted by molar-refractivity contribution is 6.29. The molecule has 0 saturated carbocycles. The van der Waals surface area contributed by atoms with E-state index in [0.717, 1.165) is 12.1 Å². The van der Waals surface area contributed by atoms with Crippen LogP contribution >= 0.6 is 11.6 Å². The van der Waals surface area contributed by atoms with Gasteiger partial charge in [0.25, 0.3) is 0 Å². The zero-order valence-corrected chi connectivity index (χ0v) is 10.8. The number of hydrogen-bond acceptors (Lipinski definition) is 3. The minimum Gasteiger partial charge on any atom is -0.268 e. The van der Waals surface area contributed by atoms with Crippen LogP contribution in [0.25, 0.3) is 11.4 Å². The Bertz CT molecular complexity index is 679. The van der Waals surface area contributed by atoms with Crippen LogP contribution in [-0.2, 0) is 6.54 Å². The maximum absolute atomic E-state index is 5.85. The van der Waals surface area contributed by atoms with Crippen molar-refractivity contribution in [3.05, 3.63) is 65.7 Å². The predicted molar refractivity (Wildman–Crippen MR) is 73.8 cm³/mol. The second-order valence-corrected chi connectivity index (χ2v) is 4.50. The minimum atomic E-state index is 0.431. The molecule has 0 aliphatic carbocycles. The number of benzene rings is 1. The van der Waals surface area contributed by atoms with Crippen LogP contribution in [0.3, 0.4) is 0 Å². The third-order valence-corrected chi connectivity index (χ3v) is 2.91. The lowest BCUT2D eigenvalue weighted by molar-refractivity contribution is 0.687. The van der Waals surface area contributed by atoms with E-state index >= 15 is 0 Å². The Morgan fingerprint density at radius 1 is 1.11 bits per heavy atom. The molecule has 4 nitrogen and oxygen atoms in total. The molecule has 0 aliphatic heterocycles. The molecule has 0 radical (unpaired) electrons. The van der Waals surface area contributed by atoms with Crippen LogP contribution in [0.1, 0.15) is 5.56 Å². The van der Waals surface area contributed by atoms with E-state index in [4.69, 9.17) is 11.6 Å². The monoisotopic (exact) mass is 270 g/mol. The van der Waals surface area contributed by atoms with E-state index in [9.17, 15) is 0 Å². The van der Waals surface area contributed by atoms with E-state index in [2.05, 4.69) is 27.2 Å². The summed E-state index contributed by atoms with van der Waals surface area (Å²) in [6.45, 7) is 0.724. The summed E-state index contributed by atoms with van der Waals surface area (Å²) in [5, 5.41) is 4.74. The zero-order valence-electron chi connectivity index (χ0n) is 10.1. The fourth-order valence-corrected chi connectivity index (χ4v) is 1.95. The summed E-state index contributed by atoms with van der Waals surface area (Å²) in [5.74, 6) is 0.590. The Balaban J connectivity index is 1.84. The van der Waals surface area contributed by atoms with Crippen LogP contribution in [-0.4, -0.2) is 19.7 Å². The molecule has 0 atom stereocenters. The van der Waals surface area contributed by atoms with Gasteiger partial charge in [-0.15, -0.1) is 0 Å². The summed E-state index contributed by atoms with van der Waals surface area (Å²) >= 11 is 5.85. The summed E-state index contributed by atoms with van der Waals surface area (Å²) in [6, 6.07) is 11.8. The van der Waals surface area contributed by atoms with E-state index in [1.165, 1.54) is 5.56 Å². The van der Waals surface area contributed by atoms with Crippen LogP contribution in [0.15, 0.2) is 55.0 Å². The Labute approximate surface area is 115 Å². The standard InChI is InChI=1S/C14H11ClN4/c15-13-6-7-16-14(18-13)12-8-17-19(10-12)9-11-4-2-1-3-5-11/h1-8,10H,9H2. The van der Waals surface area contributed by atoms with Crippen molar-refractivity contribution >= 4 is 11.6 Å². The topological polar surface area (TPSA) is 43.6 Å². The minimum absolute atomic E-state index is 0.431. The average Bonchev–Trinajstić information content (AvgIpc) is 2.88. The molecule has 0 spiro atoms. The van der Waals surface area contributed by atoms with Crippen LogP contribution in [0.5, 0.6) is 0 Å². The summed E-state index contributed by atoms with van der Waals surface area (Å²) < 4.78 is 1.86. The molecule has 2 heterocycles. The number of rotatable bonds is 3. The van der Waals surface area contributed by atoms with E-state index in [1.54, 1.807) is 18.5 Å². The fourth-order valence-electron chi connectivity index (χ4n) is 1.81. The van der Waals surface area contributed by atoms with Crippen molar-refractivity contribution in [3.8, 4) is 11.4 Å². The van der Waals surface area contributed by atoms with Gasteiger partial charge >= 0.3 is 0 Å². The van der Waals surface area contributed by atoms with Crippen molar-refractivity contribution in [3.63, 3.8) is 0 Å². The third-order valence-electron chi connectivity index (χ3n) is 2.70.